The lowest BCUT2D eigenvalue weighted by molar-refractivity contribution is 0.681. The molecule has 0 saturated carbocycles. The molecule has 0 saturated heterocycles. The first-order chi connectivity index (χ1) is 5.33. The van der Waals surface area contributed by atoms with Gasteiger partial charge in [0.25, 0.3) is 0 Å². The lowest BCUT2D eigenvalue weighted by Crippen LogP contribution is -2.12. The van der Waals surface area contributed by atoms with Gasteiger partial charge in [0.15, 0.2) is 0 Å². The number of hydrogen-bond donors (Lipinski definition) is 1. The quantitative estimate of drug-likeness (QED) is 0.719. The van der Waals surface area contributed by atoms with Crippen LogP contribution in [0.15, 0.2) is 11.4 Å². The maximum atomic E-state index is 5.76. The zero-order valence-corrected chi connectivity index (χ0v) is 8.13. The summed E-state index contributed by atoms with van der Waals surface area (Å²) in [5, 5.41) is 6.13. The van der Waals surface area contributed by atoms with Crippen molar-refractivity contribution in [2.45, 2.75) is 19.9 Å². The van der Waals surface area contributed by atoms with Crippen molar-refractivity contribution in [1.29, 1.82) is 0 Å². The zero-order chi connectivity index (χ0) is 8.10. The second-order valence-corrected chi connectivity index (χ2v) is 3.84. The minimum absolute atomic E-state index is 0.850. The van der Waals surface area contributed by atoms with Crippen molar-refractivity contribution in [3.63, 3.8) is 0 Å². The molecular formula is C8H12ClNS. The van der Waals surface area contributed by atoms with Crippen LogP contribution in [0.4, 0.5) is 0 Å². The van der Waals surface area contributed by atoms with Gasteiger partial charge in [-0.05, 0) is 19.0 Å². The van der Waals surface area contributed by atoms with Crippen molar-refractivity contribution in [2.75, 3.05) is 6.54 Å². The van der Waals surface area contributed by atoms with E-state index in [4.69, 9.17) is 11.6 Å². The molecule has 1 rings (SSSR count). The second-order valence-electron chi connectivity index (χ2n) is 2.41. The molecule has 0 atom stereocenters. The normalized spacial score (nSPS) is 10.4. The number of hydrogen-bond acceptors (Lipinski definition) is 2. The molecule has 0 unspecified atom stereocenters. The summed E-state index contributed by atoms with van der Waals surface area (Å²) >= 11 is 7.46. The van der Waals surface area contributed by atoms with Gasteiger partial charge in [-0.3, -0.25) is 0 Å². The van der Waals surface area contributed by atoms with Crippen LogP contribution in [0.1, 0.15) is 18.2 Å². The fourth-order valence-electron chi connectivity index (χ4n) is 0.835. The van der Waals surface area contributed by atoms with Crippen molar-refractivity contribution in [1.82, 2.24) is 5.32 Å². The predicted octanol–water partition coefficient (Wildman–Crippen LogP) is 2.90. The van der Waals surface area contributed by atoms with Crippen LogP contribution in [-0.2, 0) is 6.54 Å². The van der Waals surface area contributed by atoms with Crippen LogP contribution in [0, 0.1) is 0 Å². The first-order valence-electron chi connectivity index (χ1n) is 3.76. The Hall–Kier alpha value is -0.0500. The Bertz CT molecular complexity index is 210. The van der Waals surface area contributed by atoms with Gasteiger partial charge in [0, 0.05) is 16.8 Å². The summed E-state index contributed by atoms with van der Waals surface area (Å²) in [5.41, 5.74) is 0. The third-order valence-corrected chi connectivity index (χ3v) is 2.63. The number of halogens is 1. The number of nitrogens with one attached hydrogen (secondary N) is 1. The maximum absolute atomic E-state index is 5.76. The molecule has 0 radical (unpaired) electrons. The third kappa shape index (κ3) is 3.23. The van der Waals surface area contributed by atoms with E-state index < -0.39 is 0 Å². The highest BCUT2D eigenvalue weighted by molar-refractivity contribution is 7.10. The fraction of sp³-hybridized carbons (Fsp3) is 0.500. The van der Waals surface area contributed by atoms with Gasteiger partial charge in [0.1, 0.15) is 0 Å². The molecule has 1 aromatic heterocycles. The monoisotopic (exact) mass is 189 g/mol. The summed E-state index contributed by atoms with van der Waals surface area (Å²) in [7, 11) is 0. The Morgan fingerprint density at radius 1 is 1.64 bits per heavy atom. The first-order valence-corrected chi connectivity index (χ1v) is 5.02. The lowest BCUT2D eigenvalue weighted by Gasteiger charge is -1.97. The predicted molar refractivity (Wildman–Crippen MR) is 51.3 cm³/mol. The van der Waals surface area contributed by atoms with E-state index in [1.165, 1.54) is 11.3 Å². The molecule has 1 heterocycles. The van der Waals surface area contributed by atoms with E-state index in [0.29, 0.717) is 0 Å². The molecular weight excluding hydrogens is 178 g/mol. The van der Waals surface area contributed by atoms with Crippen LogP contribution >= 0.6 is 22.9 Å². The third-order valence-electron chi connectivity index (χ3n) is 1.35. The van der Waals surface area contributed by atoms with Crippen molar-refractivity contribution in [3.8, 4) is 0 Å². The van der Waals surface area contributed by atoms with E-state index in [-0.39, 0.29) is 0 Å². The highest BCUT2D eigenvalue weighted by Gasteiger charge is 1.95. The van der Waals surface area contributed by atoms with Gasteiger partial charge in [-0.15, -0.1) is 11.3 Å². The average Bonchev–Trinajstić information content (AvgIpc) is 2.37. The molecule has 3 heteroatoms. The summed E-state index contributed by atoms with van der Waals surface area (Å²) in [6.45, 7) is 4.19. The van der Waals surface area contributed by atoms with Crippen molar-refractivity contribution in [2.24, 2.45) is 0 Å². The topological polar surface area (TPSA) is 12.0 Å². The largest absolute Gasteiger partial charge is 0.312 e. The van der Waals surface area contributed by atoms with Gasteiger partial charge in [-0.1, -0.05) is 18.5 Å². The summed E-state index contributed by atoms with van der Waals surface area (Å²) < 4.78 is 0. The molecule has 11 heavy (non-hydrogen) atoms. The average molecular weight is 190 g/mol. The molecule has 1 N–H and O–H groups in total. The Labute approximate surface area is 76.4 Å². The summed E-state index contributed by atoms with van der Waals surface area (Å²) in [6, 6.07) is 2.01. The fourth-order valence-corrected chi connectivity index (χ4v) is 1.88. The molecule has 0 spiro atoms. The Morgan fingerprint density at radius 3 is 3.00 bits per heavy atom. The molecule has 62 valence electrons. The van der Waals surface area contributed by atoms with E-state index in [2.05, 4.69) is 12.2 Å². The second kappa shape index (κ2) is 4.75. The van der Waals surface area contributed by atoms with Gasteiger partial charge >= 0.3 is 0 Å². The molecule has 1 nitrogen and oxygen atoms in total. The smallest absolute Gasteiger partial charge is 0.0516 e. The molecule has 0 aliphatic heterocycles. The molecule has 0 fully saturated rings. The van der Waals surface area contributed by atoms with E-state index in [1.807, 2.05) is 11.4 Å². The highest BCUT2D eigenvalue weighted by atomic mass is 35.5. The van der Waals surface area contributed by atoms with Crippen LogP contribution in [-0.4, -0.2) is 6.54 Å². The molecule has 0 bridgehead atoms. The van der Waals surface area contributed by atoms with E-state index in [1.54, 1.807) is 11.3 Å². The minimum Gasteiger partial charge on any atom is -0.312 e. The Kier molecular flexibility index (Phi) is 3.91. The van der Waals surface area contributed by atoms with E-state index >= 15 is 0 Å². The Morgan fingerprint density at radius 2 is 2.45 bits per heavy atom. The van der Waals surface area contributed by atoms with E-state index in [0.717, 1.165) is 18.1 Å². The SMILES string of the molecule is CCCNCc1cc(Cl)cs1. The molecule has 1 aromatic rings. The van der Waals surface area contributed by atoms with Crippen LogP contribution in [0.3, 0.4) is 0 Å². The van der Waals surface area contributed by atoms with Crippen molar-refractivity contribution < 1.29 is 0 Å². The van der Waals surface area contributed by atoms with Crippen molar-refractivity contribution in [3.05, 3.63) is 21.3 Å². The molecule has 0 amide bonds. The minimum atomic E-state index is 0.850. The summed E-state index contributed by atoms with van der Waals surface area (Å²) in [6.07, 6.45) is 1.18. The van der Waals surface area contributed by atoms with E-state index in [9.17, 15) is 0 Å². The van der Waals surface area contributed by atoms with Crippen LogP contribution in [0.5, 0.6) is 0 Å². The summed E-state index contributed by atoms with van der Waals surface area (Å²) in [4.78, 5) is 1.31. The van der Waals surface area contributed by atoms with Crippen LogP contribution < -0.4 is 5.32 Å². The number of rotatable bonds is 4. The molecule has 0 aliphatic rings. The first kappa shape index (κ1) is 9.04. The van der Waals surface area contributed by atoms with Crippen LogP contribution in [0.25, 0.3) is 0 Å². The van der Waals surface area contributed by atoms with Gasteiger partial charge in [-0.2, -0.15) is 0 Å². The van der Waals surface area contributed by atoms with Gasteiger partial charge in [0.05, 0.1) is 5.02 Å². The van der Waals surface area contributed by atoms with Crippen LogP contribution in [0.2, 0.25) is 5.02 Å². The van der Waals surface area contributed by atoms with Gasteiger partial charge in [-0.25, -0.2) is 0 Å². The standard InChI is InChI=1S/C8H12ClNS/c1-2-3-10-5-8-4-7(9)6-11-8/h4,6,10H,2-3,5H2,1H3. The van der Waals surface area contributed by atoms with Crippen molar-refractivity contribution >= 4 is 22.9 Å². The molecule has 0 aliphatic carbocycles. The zero-order valence-electron chi connectivity index (χ0n) is 6.56. The maximum Gasteiger partial charge on any atom is 0.0516 e. The molecule has 0 aromatic carbocycles. The highest BCUT2D eigenvalue weighted by Crippen LogP contribution is 2.18. The Balaban J connectivity index is 2.27. The summed E-state index contributed by atoms with van der Waals surface area (Å²) in [5.74, 6) is 0. The van der Waals surface area contributed by atoms with Gasteiger partial charge < -0.3 is 5.32 Å². The lowest BCUT2D eigenvalue weighted by atomic mass is 10.4. The number of thiophene rings is 1. The van der Waals surface area contributed by atoms with Gasteiger partial charge in [0.2, 0.25) is 0 Å².